The Morgan fingerprint density at radius 2 is 1.86 bits per heavy atom. The third kappa shape index (κ3) is 7.79. The summed E-state index contributed by atoms with van der Waals surface area (Å²) < 4.78 is 76.6. The first-order valence-corrected chi connectivity index (χ1v) is 12.1. The zero-order valence-electron chi connectivity index (χ0n) is 19.7. The van der Waals surface area contributed by atoms with Crippen molar-refractivity contribution in [3.05, 3.63) is 69.0 Å². The molecule has 12 nitrogen and oxygen atoms in total. The number of rotatable bonds is 10. The summed E-state index contributed by atoms with van der Waals surface area (Å²) in [5.74, 6) is -1.47. The molecule has 1 aromatic carbocycles. The second-order valence-electron chi connectivity index (χ2n) is 7.71. The molecule has 0 bridgehead atoms. The molecule has 2 aromatic rings. The SMILES string of the molecule is COC(=O)C(C)NP(=O)(OC[C@@H]1C=C[C@H](n2cc(C)c(=O)[nH]c2=O)O1)Oc1ccc(OC(F)(F)F)cc1. The van der Waals surface area contributed by atoms with Crippen LogP contribution in [0.3, 0.4) is 0 Å². The molecule has 0 amide bonds. The molecule has 0 radical (unpaired) electrons. The van der Waals surface area contributed by atoms with E-state index in [1.165, 1.54) is 32.2 Å². The van der Waals surface area contributed by atoms with Gasteiger partial charge in [-0.05, 0) is 44.2 Å². The topological polar surface area (TPSA) is 147 Å². The molecule has 0 spiro atoms. The van der Waals surface area contributed by atoms with Gasteiger partial charge >= 0.3 is 25.8 Å². The van der Waals surface area contributed by atoms with E-state index in [2.05, 4.69) is 19.5 Å². The van der Waals surface area contributed by atoms with Crippen molar-refractivity contribution in [2.24, 2.45) is 0 Å². The molecule has 2 heterocycles. The number of aromatic amines is 1. The highest BCUT2D eigenvalue weighted by atomic mass is 31.2. The monoisotopic (exact) mass is 549 g/mol. The molecule has 0 fully saturated rings. The van der Waals surface area contributed by atoms with Crippen molar-refractivity contribution in [3.63, 3.8) is 0 Å². The summed E-state index contributed by atoms with van der Waals surface area (Å²) in [5, 5.41) is 2.39. The number of aromatic nitrogens is 2. The highest BCUT2D eigenvalue weighted by Crippen LogP contribution is 2.46. The predicted octanol–water partition coefficient (Wildman–Crippen LogP) is 2.55. The van der Waals surface area contributed by atoms with Crippen LogP contribution >= 0.6 is 7.75 Å². The van der Waals surface area contributed by atoms with Gasteiger partial charge in [0.15, 0.2) is 6.23 Å². The number of aryl methyl sites for hydroxylation is 1. The normalized spacial score (nSPS) is 19.7. The Hall–Kier alpha value is -3.39. The summed E-state index contributed by atoms with van der Waals surface area (Å²) in [4.78, 5) is 37.7. The Balaban J connectivity index is 1.71. The van der Waals surface area contributed by atoms with Crippen molar-refractivity contribution in [1.82, 2.24) is 14.6 Å². The number of alkyl halides is 3. The zero-order valence-corrected chi connectivity index (χ0v) is 20.6. The minimum absolute atomic E-state index is 0.154. The summed E-state index contributed by atoms with van der Waals surface area (Å²) in [5.41, 5.74) is -0.959. The average molecular weight is 549 g/mol. The van der Waals surface area contributed by atoms with Crippen LogP contribution in [-0.4, -0.2) is 47.7 Å². The summed E-state index contributed by atoms with van der Waals surface area (Å²) in [6.45, 7) is 2.47. The maximum atomic E-state index is 13.4. The molecule has 0 saturated carbocycles. The van der Waals surface area contributed by atoms with Crippen LogP contribution < -0.4 is 25.6 Å². The van der Waals surface area contributed by atoms with Crippen LogP contribution in [0, 0.1) is 6.92 Å². The van der Waals surface area contributed by atoms with Gasteiger partial charge in [0.2, 0.25) is 0 Å². The predicted molar refractivity (Wildman–Crippen MR) is 121 cm³/mol. The third-order valence-electron chi connectivity index (χ3n) is 4.82. The van der Waals surface area contributed by atoms with Crippen LogP contribution in [0.1, 0.15) is 18.7 Å². The number of ether oxygens (including phenoxy) is 3. The lowest BCUT2D eigenvalue weighted by molar-refractivity contribution is -0.274. The zero-order chi connectivity index (χ0) is 27.4. The van der Waals surface area contributed by atoms with Gasteiger partial charge in [-0.2, -0.15) is 5.09 Å². The first-order valence-electron chi connectivity index (χ1n) is 10.6. The van der Waals surface area contributed by atoms with E-state index in [1.54, 1.807) is 0 Å². The fraction of sp³-hybridized carbons (Fsp3) is 0.381. The lowest BCUT2D eigenvalue weighted by Crippen LogP contribution is -2.35. The number of H-pyrrole nitrogens is 1. The van der Waals surface area contributed by atoms with E-state index in [-0.39, 0.29) is 17.9 Å². The number of hydrogen-bond donors (Lipinski definition) is 2. The highest BCUT2D eigenvalue weighted by Gasteiger charge is 2.35. The van der Waals surface area contributed by atoms with Crippen molar-refractivity contribution in [3.8, 4) is 11.5 Å². The number of esters is 1. The van der Waals surface area contributed by atoms with E-state index in [0.29, 0.717) is 0 Å². The van der Waals surface area contributed by atoms with Crippen molar-refractivity contribution in [2.75, 3.05) is 13.7 Å². The van der Waals surface area contributed by atoms with Crippen molar-refractivity contribution < 1.29 is 45.8 Å². The molecule has 0 saturated heterocycles. The molecule has 1 aliphatic rings. The number of carbonyl (C=O) groups excluding carboxylic acids is 1. The lowest BCUT2D eigenvalue weighted by Gasteiger charge is -2.24. The maximum absolute atomic E-state index is 13.4. The fourth-order valence-corrected chi connectivity index (χ4v) is 4.59. The van der Waals surface area contributed by atoms with Gasteiger partial charge in [-0.1, -0.05) is 6.08 Å². The molecule has 4 atom stereocenters. The van der Waals surface area contributed by atoms with Gasteiger partial charge < -0.3 is 18.7 Å². The van der Waals surface area contributed by atoms with Gasteiger partial charge in [0, 0.05) is 11.8 Å². The fourth-order valence-electron chi connectivity index (χ4n) is 3.09. The minimum Gasteiger partial charge on any atom is -0.468 e. The van der Waals surface area contributed by atoms with Gasteiger partial charge in [-0.3, -0.25) is 23.7 Å². The number of nitrogens with one attached hydrogen (secondary N) is 2. The molecular weight excluding hydrogens is 526 g/mol. The van der Waals surface area contributed by atoms with Crippen molar-refractivity contribution in [2.45, 2.75) is 38.6 Å². The second kappa shape index (κ2) is 11.3. The summed E-state index contributed by atoms with van der Waals surface area (Å²) >= 11 is 0. The molecule has 3 rings (SSSR count). The smallest absolute Gasteiger partial charge is 0.468 e. The summed E-state index contributed by atoms with van der Waals surface area (Å²) in [6, 6.07) is 2.85. The number of nitrogens with zero attached hydrogens (tertiary/aromatic N) is 1. The summed E-state index contributed by atoms with van der Waals surface area (Å²) in [7, 11) is -3.22. The highest BCUT2D eigenvalue weighted by molar-refractivity contribution is 7.52. The van der Waals surface area contributed by atoms with Crippen LogP contribution in [0.4, 0.5) is 13.2 Å². The van der Waals surface area contributed by atoms with Gasteiger partial charge in [0.25, 0.3) is 5.56 Å². The first-order chi connectivity index (χ1) is 17.3. The van der Waals surface area contributed by atoms with Gasteiger partial charge in [0.05, 0.1) is 13.7 Å². The van der Waals surface area contributed by atoms with Crippen LogP contribution in [0.25, 0.3) is 0 Å². The van der Waals surface area contributed by atoms with Crippen molar-refractivity contribution in [1.29, 1.82) is 0 Å². The van der Waals surface area contributed by atoms with Crippen molar-refractivity contribution >= 4 is 13.7 Å². The molecular formula is C21H23F3N3O9P. The minimum atomic E-state index is -4.90. The Morgan fingerprint density at radius 3 is 2.49 bits per heavy atom. The quantitative estimate of drug-likeness (QED) is 0.257. The first kappa shape index (κ1) is 28.2. The van der Waals surface area contributed by atoms with E-state index in [0.717, 1.165) is 35.9 Å². The van der Waals surface area contributed by atoms with Crippen LogP contribution in [0.2, 0.25) is 0 Å². The lowest BCUT2D eigenvalue weighted by atomic mass is 10.3. The second-order valence-corrected chi connectivity index (χ2v) is 9.40. The number of halogens is 3. The largest absolute Gasteiger partial charge is 0.573 e. The summed E-state index contributed by atoms with van der Waals surface area (Å²) in [6.07, 6.45) is -2.25. The molecule has 2 N–H and O–H groups in total. The van der Waals surface area contributed by atoms with Gasteiger partial charge in [-0.25, -0.2) is 9.36 Å². The molecule has 2 unspecified atom stereocenters. The third-order valence-corrected chi connectivity index (χ3v) is 6.47. The average Bonchev–Trinajstić information content (AvgIpc) is 3.29. The van der Waals surface area contributed by atoms with E-state index in [9.17, 15) is 32.1 Å². The van der Waals surface area contributed by atoms with Crippen LogP contribution in [-0.2, 0) is 23.4 Å². The molecule has 0 aliphatic carbocycles. The number of methoxy groups -OCH3 is 1. The molecule has 1 aromatic heterocycles. The molecule has 1 aliphatic heterocycles. The standard InChI is InChI=1S/C21H23F3N3O9P/c1-12-10-27(20(30)25-18(12)28)17-9-8-16(34-17)11-33-37(31,26-13(2)19(29)32-3)36-15-6-4-14(5-7-15)35-21(22,23)24/h4-10,13,16-17H,11H2,1-3H3,(H,26,31)(H,25,28,30)/t13?,16-,17+,37?/m0/s1. The van der Waals surface area contributed by atoms with E-state index < -0.39 is 55.5 Å². The Bertz CT molecular complexity index is 1310. The molecule has 16 heteroatoms. The number of carbonyl (C=O) groups is 1. The Kier molecular flexibility index (Phi) is 8.64. The van der Waals surface area contributed by atoms with Gasteiger partial charge in [0.1, 0.15) is 23.6 Å². The van der Waals surface area contributed by atoms with E-state index >= 15 is 0 Å². The van der Waals surface area contributed by atoms with E-state index in [1.807, 2.05) is 0 Å². The van der Waals surface area contributed by atoms with Gasteiger partial charge in [-0.15, -0.1) is 13.2 Å². The van der Waals surface area contributed by atoms with E-state index in [4.69, 9.17) is 13.8 Å². The Morgan fingerprint density at radius 1 is 1.22 bits per heavy atom. The molecule has 37 heavy (non-hydrogen) atoms. The Labute approximate surface area is 207 Å². The van der Waals surface area contributed by atoms with Crippen LogP contribution in [0.5, 0.6) is 11.5 Å². The molecule has 202 valence electrons. The number of hydrogen-bond acceptors (Lipinski definition) is 9. The maximum Gasteiger partial charge on any atom is 0.573 e. The number of benzene rings is 1. The van der Waals surface area contributed by atoms with Crippen LogP contribution in [0.15, 0.2) is 52.2 Å².